The van der Waals surface area contributed by atoms with Crippen LogP contribution in [0.15, 0.2) is 18.2 Å². The molecular formula is C12H17ClN2O. The lowest BCUT2D eigenvalue weighted by molar-refractivity contribution is -0.120. The molecule has 0 aliphatic carbocycles. The van der Waals surface area contributed by atoms with E-state index in [-0.39, 0.29) is 5.91 Å². The van der Waals surface area contributed by atoms with E-state index in [2.05, 4.69) is 10.6 Å². The lowest BCUT2D eigenvalue weighted by Gasteiger charge is -2.10. The second-order valence-corrected chi connectivity index (χ2v) is 4.04. The topological polar surface area (TPSA) is 41.1 Å². The Morgan fingerprint density at radius 1 is 1.44 bits per heavy atom. The van der Waals surface area contributed by atoms with Gasteiger partial charge in [-0.05, 0) is 25.0 Å². The van der Waals surface area contributed by atoms with E-state index in [4.69, 9.17) is 11.6 Å². The highest BCUT2D eigenvalue weighted by molar-refractivity contribution is 6.33. The Labute approximate surface area is 101 Å². The molecule has 0 unspecified atom stereocenters. The molecule has 0 spiro atoms. The summed E-state index contributed by atoms with van der Waals surface area (Å²) in [5, 5.41) is 6.56. The molecule has 0 fully saturated rings. The van der Waals surface area contributed by atoms with E-state index in [9.17, 15) is 4.79 Å². The summed E-state index contributed by atoms with van der Waals surface area (Å²) in [5.74, 6) is 0.0673. The van der Waals surface area contributed by atoms with Crippen LogP contribution in [-0.2, 0) is 4.79 Å². The van der Waals surface area contributed by atoms with Gasteiger partial charge in [0, 0.05) is 20.0 Å². The molecule has 88 valence electrons. The first-order valence-electron chi connectivity index (χ1n) is 5.34. The number of anilines is 1. The Hall–Kier alpha value is -1.22. The van der Waals surface area contributed by atoms with Crippen molar-refractivity contribution in [2.75, 3.05) is 18.9 Å². The van der Waals surface area contributed by atoms with Gasteiger partial charge in [-0.1, -0.05) is 23.7 Å². The minimum Gasteiger partial charge on any atom is -0.384 e. The summed E-state index contributed by atoms with van der Waals surface area (Å²) >= 11 is 6.06. The number of nitrogens with one attached hydrogen (secondary N) is 2. The highest BCUT2D eigenvalue weighted by atomic mass is 35.5. The first kappa shape index (κ1) is 12.8. The predicted octanol–water partition coefficient (Wildman–Crippen LogP) is 2.59. The number of carbonyl (C=O) groups is 1. The molecule has 4 heteroatoms. The van der Waals surface area contributed by atoms with Crippen LogP contribution in [0.3, 0.4) is 0 Å². The fraction of sp³-hybridized carbons (Fsp3) is 0.417. The van der Waals surface area contributed by atoms with Gasteiger partial charge in [0.1, 0.15) is 0 Å². The van der Waals surface area contributed by atoms with E-state index in [1.165, 1.54) is 0 Å². The maximum absolute atomic E-state index is 11.0. The smallest absolute Gasteiger partial charge is 0.219 e. The molecule has 0 bridgehead atoms. The molecule has 0 saturated carbocycles. The van der Waals surface area contributed by atoms with Crippen molar-refractivity contribution in [1.82, 2.24) is 5.32 Å². The summed E-state index contributed by atoms with van der Waals surface area (Å²) in [6, 6.07) is 5.79. The molecule has 0 aliphatic rings. The summed E-state index contributed by atoms with van der Waals surface area (Å²) in [6.45, 7) is 2.75. The monoisotopic (exact) mass is 240 g/mol. The number of hydrogen-bond donors (Lipinski definition) is 2. The number of para-hydroxylation sites is 1. The van der Waals surface area contributed by atoms with Gasteiger partial charge in [-0.15, -0.1) is 0 Å². The number of carbonyl (C=O) groups excluding carboxylic acids is 1. The number of amides is 1. The first-order valence-corrected chi connectivity index (χ1v) is 5.72. The van der Waals surface area contributed by atoms with Crippen LogP contribution in [0.5, 0.6) is 0 Å². The molecule has 0 aliphatic heterocycles. The standard InChI is InChI=1S/C12H17ClN2O/c1-9-5-3-6-10(13)12(9)15-8-4-7-11(16)14-2/h3,5-6,15H,4,7-8H2,1-2H3,(H,14,16). The molecule has 0 saturated heterocycles. The van der Waals surface area contributed by atoms with Gasteiger partial charge in [0.2, 0.25) is 5.91 Å². The largest absolute Gasteiger partial charge is 0.384 e. The molecule has 0 aromatic heterocycles. The molecule has 3 nitrogen and oxygen atoms in total. The van der Waals surface area contributed by atoms with E-state index >= 15 is 0 Å². The Kier molecular flexibility index (Phi) is 5.12. The molecule has 2 N–H and O–H groups in total. The van der Waals surface area contributed by atoms with Crippen molar-refractivity contribution in [3.05, 3.63) is 28.8 Å². The van der Waals surface area contributed by atoms with Gasteiger partial charge >= 0.3 is 0 Å². The molecule has 0 atom stereocenters. The van der Waals surface area contributed by atoms with Crippen LogP contribution in [0.1, 0.15) is 18.4 Å². The second kappa shape index (κ2) is 6.38. The van der Waals surface area contributed by atoms with E-state index in [0.29, 0.717) is 6.42 Å². The molecule has 0 radical (unpaired) electrons. The van der Waals surface area contributed by atoms with E-state index in [1.54, 1.807) is 7.05 Å². The van der Waals surface area contributed by atoms with Crippen molar-refractivity contribution in [3.8, 4) is 0 Å². The van der Waals surface area contributed by atoms with Gasteiger partial charge in [0.15, 0.2) is 0 Å². The van der Waals surface area contributed by atoms with Crippen molar-refractivity contribution in [2.45, 2.75) is 19.8 Å². The average molecular weight is 241 g/mol. The highest BCUT2D eigenvalue weighted by Crippen LogP contribution is 2.24. The second-order valence-electron chi connectivity index (χ2n) is 3.64. The molecule has 1 rings (SSSR count). The number of rotatable bonds is 5. The SMILES string of the molecule is CNC(=O)CCCNc1c(C)cccc1Cl. The number of halogens is 1. The Balaban J connectivity index is 2.40. The third kappa shape index (κ3) is 3.74. The van der Waals surface area contributed by atoms with E-state index in [0.717, 1.165) is 29.2 Å². The van der Waals surface area contributed by atoms with Gasteiger partial charge < -0.3 is 10.6 Å². The summed E-state index contributed by atoms with van der Waals surface area (Å²) < 4.78 is 0. The minimum atomic E-state index is 0.0673. The number of hydrogen-bond acceptors (Lipinski definition) is 2. The Morgan fingerprint density at radius 3 is 2.81 bits per heavy atom. The van der Waals surface area contributed by atoms with Crippen LogP contribution >= 0.6 is 11.6 Å². The summed E-state index contributed by atoms with van der Waals surface area (Å²) in [4.78, 5) is 11.0. The molecule has 1 aromatic carbocycles. The summed E-state index contributed by atoms with van der Waals surface area (Å²) in [7, 11) is 1.65. The average Bonchev–Trinajstić information content (AvgIpc) is 2.27. The van der Waals surface area contributed by atoms with Crippen molar-refractivity contribution in [2.24, 2.45) is 0 Å². The van der Waals surface area contributed by atoms with Gasteiger partial charge in [0.25, 0.3) is 0 Å². The van der Waals surface area contributed by atoms with Crippen molar-refractivity contribution >= 4 is 23.2 Å². The molecular weight excluding hydrogens is 224 g/mol. The van der Waals surface area contributed by atoms with Gasteiger partial charge in [-0.25, -0.2) is 0 Å². The lowest BCUT2D eigenvalue weighted by atomic mass is 10.2. The van der Waals surface area contributed by atoms with Crippen LogP contribution in [0.25, 0.3) is 0 Å². The Morgan fingerprint density at radius 2 is 2.19 bits per heavy atom. The summed E-state index contributed by atoms with van der Waals surface area (Å²) in [6.07, 6.45) is 1.33. The highest BCUT2D eigenvalue weighted by Gasteiger charge is 2.03. The number of benzene rings is 1. The normalized spacial score (nSPS) is 9.94. The van der Waals surface area contributed by atoms with Gasteiger partial charge in [-0.2, -0.15) is 0 Å². The van der Waals surface area contributed by atoms with Crippen molar-refractivity contribution in [3.63, 3.8) is 0 Å². The van der Waals surface area contributed by atoms with Crippen molar-refractivity contribution < 1.29 is 4.79 Å². The fourth-order valence-electron chi connectivity index (χ4n) is 1.44. The van der Waals surface area contributed by atoms with Crippen molar-refractivity contribution in [1.29, 1.82) is 0 Å². The quantitative estimate of drug-likeness (QED) is 0.777. The zero-order valence-electron chi connectivity index (χ0n) is 9.64. The maximum atomic E-state index is 11.0. The molecule has 1 amide bonds. The summed E-state index contributed by atoms with van der Waals surface area (Å²) in [5.41, 5.74) is 2.08. The zero-order valence-corrected chi connectivity index (χ0v) is 10.4. The van der Waals surface area contributed by atoms with Gasteiger partial charge in [-0.3, -0.25) is 4.79 Å². The third-order valence-electron chi connectivity index (χ3n) is 2.38. The van der Waals surface area contributed by atoms with Crippen LogP contribution in [0.4, 0.5) is 5.69 Å². The van der Waals surface area contributed by atoms with Crippen LogP contribution in [0.2, 0.25) is 5.02 Å². The van der Waals surface area contributed by atoms with Crippen LogP contribution in [0, 0.1) is 6.92 Å². The number of aryl methyl sites for hydroxylation is 1. The Bertz CT molecular complexity index is 346. The molecule has 16 heavy (non-hydrogen) atoms. The van der Waals surface area contributed by atoms with Gasteiger partial charge in [0.05, 0.1) is 10.7 Å². The van der Waals surface area contributed by atoms with E-state index in [1.807, 2.05) is 25.1 Å². The first-order chi connectivity index (χ1) is 7.65. The molecule has 1 aromatic rings. The third-order valence-corrected chi connectivity index (χ3v) is 2.70. The maximum Gasteiger partial charge on any atom is 0.219 e. The fourth-order valence-corrected chi connectivity index (χ4v) is 1.73. The predicted molar refractivity (Wildman–Crippen MR) is 68.0 cm³/mol. The lowest BCUT2D eigenvalue weighted by Crippen LogP contribution is -2.18. The minimum absolute atomic E-state index is 0.0673. The van der Waals surface area contributed by atoms with E-state index < -0.39 is 0 Å². The van der Waals surface area contributed by atoms with Crippen LogP contribution in [-0.4, -0.2) is 19.5 Å². The zero-order chi connectivity index (χ0) is 12.0. The molecule has 0 heterocycles. The van der Waals surface area contributed by atoms with Crippen LogP contribution < -0.4 is 10.6 Å².